The van der Waals surface area contributed by atoms with Crippen LogP contribution in [0, 0.1) is 5.41 Å². The van der Waals surface area contributed by atoms with Gasteiger partial charge in [0.15, 0.2) is 0 Å². The molecule has 17 heavy (non-hydrogen) atoms. The van der Waals surface area contributed by atoms with E-state index in [9.17, 15) is 4.79 Å². The van der Waals surface area contributed by atoms with Gasteiger partial charge in [-0.3, -0.25) is 4.79 Å². The predicted molar refractivity (Wildman–Crippen MR) is 71.9 cm³/mol. The third-order valence-electron chi connectivity index (χ3n) is 3.32. The topological polar surface area (TPSA) is 41.1 Å². The van der Waals surface area contributed by atoms with Gasteiger partial charge in [0.2, 0.25) is 5.91 Å². The van der Waals surface area contributed by atoms with Gasteiger partial charge >= 0.3 is 0 Å². The van der Waals surface area contributed by atoms with Crippen LogP contribution < -0.4 is 10.6 Å². The van der Waals surface area contributed by atoms with Crippen LogP contribution in [0.15, 0.2) is 0 Å². The first kappa shape index (κ1) is 14.5. The Labute approximate surface area is 106 Å². The van der Waals surface area contributed by atoms with Crippen LogP contribution in [0.3, 0.4) is 0 Å². The van der Waals surface area contributed by atoms with Gasteiger partial charge in [-0.25, -0.2) is 0 Å². The van der Waals surface area contributed by atoms with Crippen molar-refractivity contribution in [2.45, 2.75) is 71.9 Å². The summed E-state index contributed by atoms with van der Waals surface area (Å²) in [5.74, 6) is 0.230. The van der Waals surface area contributed by atoms with Crippen LogP contribution in [0.25, 0.3) is 0 Å². The van der Waals surface area contributed by atoms with Gasteiger partial charge in [0, 0.05) is 18.5 Å². The van der Waals surface area contributed by atoms with E-state index in [-0.39, 0.29) is 5.91 Å². The summed E-state index contributed by atoms with van der Waals surface area (Å²) in [4.78, 5) is 11.8. The van der Waals surface area contributed by atoms with Crippen LogP contribution in [-0.4, -0.2) is 24.5 Å². The molecule has 0 radical (unpaired) electrons. The Morgan fingerprint density at radius 3 is 2.71 bits per heavy atom. The third kappa shape index (κ3) is 6.67. The van der Waals surface area contributed by atoms with Crippen molar-refractivity contribution in [2.75, 3.05) is 6.54 Å². The summed E-state index contributed by atoms with van der Waals surface area (Å²) < 4.78 is 0. The van der Waals surface area contributed by atoms with E-state index in [1.807, 2.05) is 0 Å². The number of carbonyl (C=O) groups is 1. The average molecular weight is 240 g/mol. The lowest BCUT2D eigenvalue weighted by Crippen LogP contribution is -2.46. The molecule has 0 spiro atoms. The molecule has 2 N–H and O–H groups in total. The summed E-state index contributed by atoms with van der Waals surface area (Å²) in [6.07, 6.45) is 4.91. The lowest BCUT2D eigenvalue weighted by Gasteiger charge is -2.28. The van der Waals surface area contributed by atoms with Crippen molar-refractivity contribution in [1.29, 1.82) is 0 Å². The summed E-state index contributed by atoms with van der Waals surface area (Å²) in [5.41, 5.74) is 0.337. The summed E-state index contributed by atoms with van der Waals surface area (Å²) in [6.45, 7) is 9.87. The molecular weight excluding hydrogens is 212 g/mol. The minimum Gasteiger partial charge on any atom is -0.353 e. The van der Waals surface area contributed by atoms with Gasteiger partial charge in [-0.15, -0.1) is 0 Å². The maximum absolute atomic E-state index is 11.8. The van der Waals surface area contributed by atoms with E-state index >= 15 is 0 Å². The van der Waals surface area contributed by atoms with Crippen molar-refractivity contribution in [3.63, 3.8) is 0 Å². The smallest absolute Gasteiger partial charge is 0.220 e. The van der Waals surface area contributed by atoms with E-state index in [4.69, 9.17) is 0 Å². The van der Waals surface area contributed by atoms with Gasteiger partial charge in [0.1, 0.15) is 0 Å². The van der Waals surface area contributed by atoms with Crippen LogP contribution >= 0.6 is 0 Å². The molecule has 1 fully saturated rings. The van der Waals surface area contributed by atoms with Gasteiger partial charge in [-0.2, -0.15) is 0 Å². The number of carbonyl (C=O) groups excluding carboxylic acids is 1. The fourth-order valence-electron chi connectivity index (χ4n) is 2.34. The monoisotopic (exact) mass is 240 g/mol. The van der Waals surface area contributed by atoms with E-state index in [1.165, 1.54) is 0 Å². The zero-order valence-electron chi connectivity index (χ0n) is 11.8. The maximum atomic E-state index is 11.8. The molecule has 1 aliphatic heterocycles. The maximum Gasteiger partial charge on any atom is 0.220 e. The molecule has 0 aromatic heterocycles. The normalized spacial score (nSPS) is 25.6. The van der Waals surface area contributed by atoms with Crippen LogP contribution in [0.1, 0.15) is 59.8 Å². The molecule has 0 aromatic rings. The fourth-order valence-corrected chi connectivity index (χ4v) is 2.34. The average Bonchev–Trinajstić information content (AvgIpc) is 2.15. The van der Waals surface area contributed by atoms with E-state index in [0.717, 1.165) is 32.2 Å². The molecular formula is C14H28N2O. The van der Waals surface area contributed by atoms with Crippen LogP contribution in [-0.2, 0) is 4.79 Å². The lowest BCUT2D eigenvalue weighted by molar-refractivity contribution is -0.122. The van der Waals surface area contributed by atoms with E-state index in [0.29, 0.717) is 23.9 Å². The Hall–Kier alpha value is -0.570. The molecule has 1 heterocycles. The van der Waals surface area contributed by atoms with Gasteiger partial charge in [-0.05, 0) is 44.6 Å². The largest absolute Gasteiger partial charge is 0.353 e. The number of rotatable bonds is 4. The Morgan fingerprint density at radius 1 is 1.41 bits per heavy atom. The minimum atomic E-state index is 0.230. The highest BCUT2D eigenvalue weighted by atomic mass is 16.1. The number of piperidine rings is 1. The second kappa shape index (κ2) is 6.39. The third-order valence-corrected chi connectivity index (χ3v) is 3.32. The van der Waals surface area contributed by atoms with Gasteiger partial charge in [-0.1, -0.05) is 20.8 Å². The number of hydrogen-bond donors (Lipinski definition) is 2. The molecule has 2 unspecified atom stereocenters. The Kier molecular flexibility index (Phi) is 5.44. The summed E-state index contributed by atoms with van der Waals surface area (Å²) >= 11 is 0. The number of nitrogens with one attached hydrogen (secondary N) is 2. The molecule has 2 atom stereocenters. The zero-order chi connectivity index (χ0) is 12.9. The molecule has 1 amide bonds. The molecule has 1 saturated heterocycles. The highest BCUT2D eigenvalue weighted by Crippen LogP contribution is 2.21. The SMILES string of the molecule is CC1CC(NC(=O)CCCC(C)(C)C)CCN1. The van der Waals surface area contributed by atoms with Crippen LogP contribution in [0.4, 0.5) is 0 Å². The Morgan fingerprint density at radius 2 is 2.12 bits per heavy atom. The fraction of sp³-hybridized carbons (Fsp3) is 0.929. The van der Waals surface area contributed by atoms with Crippen molar-refractivity contribution >= 4 is 5.91 Å². The second-order valence-corrected chi connectivity index (χ2v) is 6.56. The molecule has 100 valence electrons. The number of hydrogen-bond acceptors (Lipinski definition) is 2. The molecule has 1 aliphatic rings. The number of amides is 1. The van der Waals surface area contributed by atoms with Crippen molar-refractivity contribution < 1.29 is 4.79 Å². The van der Waals surface area contributed by atoms with Crippen molar-refractivity contribution in [1.82, 2.24) is 10.6 Å². The Balaban J connectivity index is 2.16. The molecule has 1 rings (SSSR count). The van der Waals surface area contributed by atoms with Gasteiger partial charge < -0.3 is 10.6 Å². The first-order valence-corrected chi connectivity index (χ1v) is 6.89. The predicted octanol–water partition coefficient (Wildman–Crippen LogP) is 2.46. The van der Waals surface area contributed by atoms with Crippen molar-refractivity contribution in [3.05, 3.63) is 0 Å². The summed E-state index contributed by atoms with van der Waals surface area (Å²) in [6, 6.07) is 0.914. The van der Waals surface area contributed by atoms with Crippen LogP contribution in [0.2, 0.25) is 0 Å². The highest BCUT2D eigenvalue weighted by Gasteiger charge is 2.19. The minimum absolute atomic E-state index is 0.230. The van der Waals surface area contributed by atoms with Crippen LogP contribution in [0.5, 0.6) is 0 Å². The summed E-state index contributed by atoms with van der Waals surface area (Å²) in [7, 11) is 0. The molecule has 0 aromatic carbocycles. The summed E-state index contributed by atoms with van der Waals surface area (Å²) in [5, 5.41) is 6.55. The second-order valence-electron chi connectivity index (χ2n) is 6.56. The molecule has 0 aliphatic carbocycles. The molecule has 3 heteroatoms. The first-order valence-electron chi connectivity index (χ1n) is 6.89. The zero-order valence-corrected chi connectivity index (χ0v) is 11.8. The van der Waals surface area contributed by atoms with Gasteiger partial charge in [0.25, 0.3) is 0 Å². The highest BCUT2D eigenvalue weighted by molar-refractivity contribution is 5.76. The Bertz CT molecular complexity index is 245. The van der Waals surface area contributed by atoms with E-state index in [1.54, 1.807) is 0 Å². The molecule has 3 nitrogen and oxygen atoms in total. The van der Waals surface area contributed by atoms with Crippen molar-refractivity contribution in [2.24, 2.45) is 5.41 Å². The van der Waals surface area contributed by atoms with Gasteiger partial charge in [0.05, 0.1) is 0 Å². The quantitative estimate of drug-likeness (QED) is 0.792. The standard InChI is InChI=1S/C14H28N2O/c1-11-10-12(7-9-15-11)16-13(17)6-5-8-14(2,3)4/h11-12,15H,5-10H2,1-4H3,(H,16,17). The van der Waals surface area contributed by atoms with E-state index in [2.05, 4.69) is 38.3 Å². The first-order chi connectivity index (χ1) is 7.87. The van der Waals surface area contributed by atoms with Crippen molar-refractivity contribution in [3.8, 4) is 0 Å². The molecule has 0 saturated carbocycles. The molecule has 0 bridgehead atoms. The van der Waals surface area contributed by atoms with E-state index < -0.39 is 0 Å². The lowest BCUT2D eigenvalue weighted by atomic mass is 9.90.